The molecule has 1 fully saturated rings. The first-order valence-corrected chi connectivity index (χ1v) is 9.78. The number of hydrogen-bond donors (Lipinski definition) is 0. The molecule has 0 amide bonds. The van der Waals surface area contributed by atoms with Gasteiger partial charge in [-0.1, -0.05) is 36.7 Å². The highest BCUT2D eigenvalue weighted by Crippen LogP contribution is 2.41. The second-order valence-electron chi connectivity index (χ2n) is 4.28. The molecule has 0 saturated carbocycles. The van der Waals surface area contributed by atoms with E-state index >= 15 is 0 Å². The molecular formula is C13H18O2S4. The van der Waals surface area contributed by atoms with Crippen LogP contribution in [0.15, 0.2) is 24.3 Å². The molecule has 1 aliphatic heterocycles. The molecule has 2 unspecified atom stereocenters. The molecule has 1 rings (SSSR count). The van der Waals surface area contributed by atoms with Gasteiger partial charge in [-0.2, -0.15) is 0 Å². The lowest BCUT2D eigenvalue weighted by Crippen LogP contribution is -2.08. The van der Waals surface area contributed by atoms with Crippen LogP contribution in [0.3, 0.4) is 0 Å². The normalized spacial score (nSPS) is 22.2. The Bertz CT molecular complexity index is 356. The number of hydrogen-bond acceptors (Lipinski definition) is 6. The highest BCUT2D eigenvalue weighted by atomic mass is 32.2. The molecule has 0 radical (unpaired) electrons. The third-order valence-electron chi connectivity index (χ3n) is 2.26. The van der Waals surface area contributed by atoms with Gasteiger partial charge >= 0.3 is 0 Å². The Kier molecular flexibility index (Phi) is 7.72. The highest BCUT2D eigenvalue weighted by Gasteiger charge is 2.27. The average molecular weight is 335 g/mol. The van der Waals surface area contributed by atoms with E-state index in [1.807, 2.05) is 23.5 Å². The van der Waals surface area contributed by atoms with E-state index in [1.165, 1.54) is 23.5 Å². The minimum atomic E-state index is 0.0801. The van der Waals surface area contributed by atoms with E-state index in [1.54, 1.807) is 13.8 Å². The zero-order chi connectivity index (χ0) is 14.4. The van der Waals surface area contributed by atoms with Crippen molar-refractivity contribution in [3.05, 3.63) is 24.3 Å². The third-order valence-corrected chi connectivity index (χ3v) is 8.46. The molecule has 2 nitrogen and oxygen atoms in total. The van der Waals surface area contributed by atoms with Crippen LogP contribution in [0.4, 0.5) is 0 Å². The first-order chi connectivity index (χ1) is 8.90. The minimum Gasteiger partial charge on any atom is -0.282 e. The van der Waals surface area contributed by atoms with Gasteiger partial charge in [-0.3, -0.25) is 9.59 Å². The van der Waals surface area contributed by atoms with E-state index in [0.29, 0.717) is 21.0 Å². The molecule has 106 valence electrons. The van der Waals surface area contributed by atoms with E-state index in [4.69, 9.17) is 0 Å². The predicted molar refractivity (Wildman–Crippen MR) is 92.2 cm³/mol. The summed E-state index contributed by atoms with van der Waals surface area (Å²) in [5.74, 6) is 2.70. The first-order valence-electron chi connectivity index (χ1n) is 5.82. The van der Waals surface area contributed by atoms with E-state index in [0.717, 1.165) is 17.3 Å². The lowest BCUT2D eigenvalue weighted by atomic mass is 10.4. The summed E-state index contributed by atoms with van der Waals surface area (Å²) in [6.45, 7) is 10.8. The van der Waals surface area contributed by atoms with Crippen LogP contribution in [-0.2, 0) is 9.59 Å². The van der Waals surface area contributed by atoms with Crippen molar-refractivity contribution < 1.29 is 9.59 Å². The molecular weight excluding hydrogens is 316 g/mol. The monoisotopic (exact) mass is 334 g/mol. The van der Waals surface area contributed by atoms with Crippen LogP contribution in [0, 0.1) is 0 Å². The zero-order valence-electron chi connectivity index (χ0n) is 11.1. The Balaban J connectivity index is 2.23. The van der Waals surface area contributed by atoms with Gasteiger partial charge in [0.05, 0.1) is 4.58 Å². The first kappa shape index (κ1) is 17.3. The largest absolute Gasteiger partial charge is 0.282 e. The second-order valence-corrected chi connectivity index (χ2v) is 9.31. The fourth-order valence-electron chi connectivity index (χ4n) is 1.24. The molecule has 0 spiro atoms. The fraction of sp³-hybridized carbons (Fsp3) is 0.538. The summed E-state index contributed by atoms with van der Waals surface area (Å²) in [5, 5.41) is 0.654. The van der Waals surface area contributed by atoms with Gasteiger partial charge in [0.25, 0.3) is 0 Å². The van der Waals surface area contributed by atoms with Gasteiger partial charge in [-0.25, -0.2) is 0 Å². The molecule has 0 bridgehead atoms. The Hall–Kier alpha value is 0.220. The van der Waals surface area contributed by atoms with E-state index in [-0.39, 0.29) is 10.2 Å². The lowest BCUT2D eigenvalue weighted by Gasteiger charge is -2.09. The summed E-state index contributed by atoms with van der Waals surface area (Å²) < 4.78 is 0.443. The van der Waals surface area contributed by atoms with Crippen LogP contribution in [0.2, 0.25) is 0 Å². The van der Waals surface area contributed by atoms with Crippen molar-refractivity contribution in [3.8, 4) is 0 Å². The van der Waals surface area contributed by atoms with Crippen molar-refractivity contribution in [2.45, 2.75) is 23.7 Å². The van der Waals surface area contributed by atoms with Gasteiger partial charge in [-0.15, -0.1) is 23.5 Å². The number of rotatable bonds is 6. The molecule has 0 aromatic heterocycles. The smallest absolute Gasteiger partial charge is 0.214 e. The van der Waals surface area contributed by atoms with Gasteiger partial charge in [0.15, 0.2) is 0 Å². The zero-order valence-corrected chi connectivity index (χ0v) is 14.4. The maximum atomic E-state index is 11.5. The molecule has 6 heteroatoms. The van der Waals surface area contributed by atoms with E-state index in [2.05, 4.69) is 13.2 Å². The van der Waals surface area contributed by atoms with Crippen molar-refractivity contribution in [1.82, 2.24) is 0 Å². The van der Waals surface area contributed by atoms with Crippen LogP contribution in [0.1, 0.15) is 13.8 Å². The average Bonchev–Trinajstić information content (AvgIpc) is 2.80. The molecule has 0 aromatic carbocycles. The standard InChI is InChI=1S/C13H18O2S4/c1-8(2)12(14)17-6-10-5-16-11(19-10)7-18-13(15)9(3)4/h10-11H,1,3,5-7H2,2,4H3. The van der Waals surface area contributed by atoms with Crippen LogP contribution in [0.25, 0.3) is 0 Å². The summed E-state index contributed by atoms with van der Waals surface area (Å²) in [6, 6.07) is 0. The van der Waals surface area contributed by atoms with E-state index < -0.39 is 0 Å². The van der Waals surface area contributed by atoms with Crippen LogP contribution in [0.5, 0.6) is 0 Å². The van der Waals surface area contributed by atoms with Gasteiger partial charge in [0.2, 0.25) is 10.2 Å². The molecule has 2 atom stereocenters. The summed E-state index contributed by atoms with van der Waals surface area (Å²) in [4.78, 5) is 22.9. The number of carbonyl (C=O) groups is 2. The summed E-state index contributed by atoms with van der Waals surface area (Å²) >= 11 is 6.45. The molecule has 0 N–H and O–H groups in total. The Morgan fingerprint density at radius 2 is 1.63 bits per heavy atom. The quantitative estimate of drug-likeness (QED) is 0.687. The number of carbonyl (C=O) groups excluding carboxylic acids is 2. The molecule has 19 heavy (non-hydrogen) atoms. The maximum absolute atomic E-state index is 11.5. The van der Waals surface area contributed by atoms with Gasteiger partial charge in [0.1, 0.15) is 0 Å². The van der Waals surface area contributed by atoms with Crippen LogP contribution < -0.4 is 0 Å². The van der Waals surface area contributed by atoms with Gasteiger partial charge in [-0.05, 0) is 25.0 Å². The highest BCUT2D eigenvalue weighted by molar-refractivity contribution is 8.23. The second kappa shape index (κ2) is 8.49. The molecule has 0 aliphatic carbocycles. The SMILES string of the molecule is C=C(C)C(=O)SCC1CSC(CSC(=O)C(=C)C)S1. The lowest BCUT2D eigenvalue weighted by molar-refractivity contribution is -0.108. The molecule has 1 heterocycles. The van der Waals surface area contributed by atoms with Crippen molar-refractivity contribution in [1.29, 1.82) is 0 Å². The van der Waals surface area contributed by atoms with E-state index in [9.17, 15) is 9.59 Å². The fourth-order valence-corrected chi connectivity index (χ4v) is 6.80. The summed E-state index contributed by atoms with van der Waals surface area (Å²) in [6.07, 6.45) is 0. The van der Waals surface area contributed by atoms with Crippen molar-refractivity contribution in [2.24, 2.45) is 0 Å². The molecule has 1 saturated heterocycles. The summed E-state index contributed by atoms with van der Waals surface area (Å²) in [7, 11) is 0. The predicted octanol–water partition coefficient (Wildman–Crippen LogP) is 3.83. The number of thioether (sulfide) groups is 4. The van der Waals surface area contributed by atoms with Crippen LogP contribution in [-0.4, -0.2) is 37.3 Å². The van der Waals surface area contributed by atoms with Gasteiger partial charge < -0.3 is 0 Å². The van der Waals surface area contributed by atoms with Crippen molar-refractivity contribution in [2.75, 3.05) is 17.3 Å². The molecule has 1 aliphatic rings. The van der Waals surface area contributed by atoms with Crippen LogP contribution >= 0.6 is 47.0 Å². The van der Waals surface area contributed by atoms with Crippen molar-refractivity contribution >= 4 is 57.3 Å². The van der Waals surface area contributed by atoms with Crippen molar-refractivity contribution in [3.63, 3.8) is 0 Å². The van der Waals surface area contributed by atoms with Gasteiger partial charge in [0, 0.05) is 22.5 Å². The Labute approximate surface area is 132 Å². The summed E-state index contributed by atoms with van der Waals surface area (Å²) in [5.41, 5.74) is 1.22. The molecule has 0 aromatic rings. The minimum absolute atomic E-state index is 0.0801. The maximum Gasteiger partial charge on any atom is 0.214 e. The third kappa shape index (κ3) is 6.47. The topological polar surface area (TPSA) is 34.1 Å². The Morgan fingerprint density at radius 3 is 2.16 bits per heavy atom. The Morgan fingerprint density at radius 1 is 1.11 bits per heavy atom.